The number of aromatic nitrogens is 2. The quantitative estimate of drug-likeness (QED) is 0.706. The van der Waals surface area contributed by atoms with Crippen molar-refractivity contribution in [3.63, 3.8) is 0 Å². The first-order valence-corrected chi connectivity index (χ1v) is 8.45. The van der Waals surface area contributed by atoms with Gasteiger partial charge in [-0.15, -0.1) is 0 Å². The van der Waals surface area contributed by atoms with Crippen LogP contribution in [0, 0.1) is 6.92 Å². The Hall–Kier alpha value is -3.02. The van der Waals surface area contributed by atoms with E-state index >= 15 is 0 Å². The maximum Gasteiger partial charge on any atom is 0.331 e. The van der Waals surface area contributed by atoms with Crippen molar-refractivity contribution in [2.45, 2.75) is 26.9 Å². The molecule has 6 heteroatoms. The molecule has 0 radical (unpaired) electrons. The number of ether oxygens (including phenoxy) is 2. The van der Waals surface area contributed by atoms with Crippen molar-refractivity contribution in [2.75, 3.05) is 14.2 Å². The molecule has 6 nitrogen and oxygen atoms in total. The average molecular weight is 354 g/mol. The van der Waals surface area contributed by atoms with Gasteiger partial charge in [0.25, 0.3) is 5.56 Å². The van der Waals surface area contributed by atoms with Crippen LogP contribution >= 0.6 is 0 Å². The Labute approximate surface area is 151 Å². The van der Waals surface area contributed by atoms with Crippen LogP contribution in [-0.2, 0) is 13.1 Å². The minimum Gasteiger partial charge on any atom is -0.493 e. The van der Waals surface area contributed by atoms with Gasteiger partial charge >= 0.3 is 5.69 Å². The van der Waals surface area contributed by atoms with Crippen molar-refractivity contribution in [3.05, 3.63) is 68.4 Å². The highest BCUT2D eigenvalue weighted by molar-refractivity contribution is 5.82. The van der Waals surface area contributed by atoms with E-state index in [0.29, 0.717) is 35.5 Å². The molecule has 2 aromatic carbocycles. The molecule has 0 bridgehead atoms. The Kier molecular flexibility index (Phi) is 4.84. The molecule has 0 atom stereocenters. The summed E-state index contributed by atoms with van der Waals surface area (Å²) in [6, 6.07) is 11.2. The largest absolute Gasteiger partial charge is 0.493 e. The first kappa shape index (κ1) is 17.8. The van der Waals surface area contributed by atoms with Crippen molar-refractivity contribution in [2.24, 2.45) is 0 Å². The minimum atomic E-state index is -0.333. The molecule has 0 fully saturated rings. The number of nitrogens with zero attached hydrogens (tertiary/aromatic N) is 2. The van der Waals surface area contributed by atoms with Gasteiger partial charge in [0, 0.05) is 12.6 Å². The Bertz CT molecular complexity index is 1080. The second-order valence-corrected chi connectivity index (χ2v) is 6.07. The van der Waals surface area contributed by atoms with E-state index in [1.165, 1.54) is 18.8 Å². The van der Waals surface area contributed by atoms with Crippen LogP contribution in [0.1, 0.15) is 18.1 Å². The molecule has 0 spiro atoms. The molecule has 0 unspecified atom stereocenters. The van der Waals surface area contributed by atoms with E-state index in [9.17, 15) is 9.59 Å². The molecule has 0 aliphatic rings. The summed E-state index contributed by atoms with van der Waals surface area (Å²) in [6.07, 6.45) is 0. The van der Waals surface area contributed by atoms with Crippen molar-refractivity contribution in [1.29, 1.82) is 0 Å². The van der Waals surface area contributed by atoms with E-state index in [0.717, 1.165) is 11.1 Å². The van der Waals surface area contributed by atoms with Crippen molar-refractivity contribution < 1.29 is 9.47 Å². The molecule has 0 aliphatic carbocycles. The normalized spacial score (nSPS) is 10.9. The molecule has 26 heavy (non-hydrogen) atoms. The molecule has 0 N–H and O–H groups in total. The highest BCUT2D eigenvalue weighted by Gasteiger charge is 2.17. The Morgan fingerprint density at radius 3 is 2.23 bits per heavy atom. The van der Waals surface area contributed by atoms with Gasteiger partial charge in [-0.25, -0.2) is 4.79 Å². The lowest BCUT2D eigenvalue weighted by Gasteiger charge is -2.16. The van der Waals surface area contributed by atoms with Gasteiger partial charge in [-0.3, -0.25) is 13.9 Å². The van der Waals surface area contributed by atoms with Crippen molar-refractivity contribution >= 4 is 10.9 Å². The molecule has 0 saturated heterocycles. The number of methoxy groups -OCH3 is 2. The summed E-state index contributed by atoms with van der Waals surface area (Å²) in [5.74, 6) is 0.937. The third-order valence-electron chi connectivity index (χ3n) is 4.64. The van der Waals surface area contributed by atoms with E-state index in [2.05, 4.69) is 0 Å². The lowest BCUT2D eigenvalue weighted by Crippen LogP contribution is -2.39. The van der Waals surface area contributed by atoms with Crippen molar-refractivity contribution in [3.8, 4) is 11.5 Å². The maximum atomic E-state index is 13.0. The Morgan fingerprint density at radius 1 is 0.962 bits per heavy atom. The molecule has 3 rings (SSSR count). The first-order chi connectivity index (χ1) is 12.5. The third kappa shape index (κ3) is 2.87. The van der Waals surface area contributed by atoms with Crippen LogP contribution in [0.2, 0.25) is 0 Å². The predicted molar refractivity (Wildman–Crippen MR) is 102 cm³/mol. The number of hydrogen-bond donors (Lipinski definition) is 0. The topological polar surface area (TPSA) is 62.5 Å². The summed E-state index contributed by atoms with van der Waals surface area (Å²) in [6.45, 7) is 4.46. The van der Waals surface area contributed by atoms with E-state index in [4.69, 9.17) is 9.47 Å². The summed E-state index contributed by atoms with van der Waals surface area (Å²) >= 11 is 0. The van der Waals surface area contributed by atoms with Crippen LogP contribution in [0.5, 0.6) is 11.5 Å². The van der Waals surface area contributed by atoms with Gasteiger partial charge in [0.15, 0.2) is 11.5 Å². The summed E-state index contributed by atoms with van der Waals surface area (Å²) < 4.78 is 13.5. The number of benzene rings is 2. The lowest BCUT2D eigenvalue weighted by atomic mass is 10.1. The zero-order valence-electron chi connectivity index (χ0n) is 15.4. The number of rotatable bonds is 5. The molecule has 136 valence electrons. The molecule has 3 aromatic rings. The fourth-order valence-corrected chi connectivity index (χ4v) is 3.13. The van der Waals surface area contributed by atoms with Crippen LogP contribution in [0.3, 0.4) is 0 Å². The zero-order chi connectivity index (χ0) is 18.8. The van der Waals surface area contributed by atoms with Gasteiger partial charge in [-0.2, -0.15) is 0 Å². The molecule has 0 amide bonds. The molecule has 0 saturated carbocycles. The van der Waals surface area contributed by atoms with E-state index in [1.807, 2.05) is 31.2 Å². The lowest BCUT2D eigenvalue weighted by molar-refractivity contribution is 0.355. The maximum absolute atomic E-state index is 13.0. The minimum absolute atomic E-state index is 0.301. The van der Waals surface area contributed by atoms with Crippen LogP contribution in [0.4, 0.5) is 0 Å². The van der Waals surface area contributed by atoms with Crippen LogP contribution < -0.4 is 20.7 Å². The molecular formula is C20H22N2O4. The number of aryl methyl sites for hydroxylation is 1. The van der Waals surface area contributed by atoms with Crippen LogP contribution in [0.25, 0.3) is 10.9 Å². The second-order valence-electron chi connectivity index (χ2n) is 6.07. The standard InChI is InChI=1S/C20H22N2O4/c1-5-21-19(23)15-10-17(25-3)18(26-4)11-16(15)22(20(21)24)12-14-9-7-6-8-13(14)2/h6-11H,5,12H2,1-4H3. The molecule has 1 aromatic heterocycles. The SMILES string of the molecule is CCn1c(=O)c2cc(OC)c(OC)cc2n(Cc2ccccc2C)c1=O. The Balaban J connectivity index is 2.38. The highest BCUT2D eigenvalue weighted by Crippen LogP contribution is 2.30. The third-order valence-corrected chi connectivity index (χ3v) is 4.64. The second kappa shape index (κ2) is 7.07. The van der Waals surface area contributed by atoms with Crippen LogP contribution in [0.15, 0.2) is 46.0 Å². The van der Waals surface area contributed by atoms with Gasteiger partial charge in [-0.1, -0.05) is 24.3 Å². The zero-order valence-corrected chi connectivity index (χ0v) is 15.4. The number of hydrogen-bond acceptors (Lipinski definition) is 4. The molecular weight excluding hydrogens is 332 g/mol. The van der Waals surface area contributed by atoms with Crippen LogP contribution in [-0.4, -0.2) is 23.4 Å². The van der Waals surface area contributed by atoms with Crippen molar-refractivity contribution in [1.82, 2.24) is 9.13 Å². The van der Waals surface area contributed by atoms with Gasteiger partial charge < -0.3 is 9.47 Å². The Morgan fingerprint density at radius 2 is 1.62 bits per heavy atom. The smallest absolute Gasteiger partial charge is 0.331 e. The fraction of sp³-hybridized carbons (Fsp3) is 0.300. The average Bonchev–Trinajstić information content (AvgIpc) is 2.66. The highest BCUT2D eigenvalue weighted by atomic mass is 16.5. The predicted octanol–water partition coefficient (Wildman–Crippen LogP) is 2.56. The fourth-order valence-electron chi connectivity index (χ4n) is 3.13. The molecule has 0 aliphatic heterocycles. The van der Waals surface area contributed by atoms with Gasteiger partial charge in [0.1, 0.15) is 0 Å². The van der Waals surface area contributed by atoms with Gasteiger partial charge in [-0.05, 0) is 31.0 Å². The summed E-state index contributed by atoms with van der Waals surface area (Å²) in [5.41, 5.74) is 1.98. The van der Waals surface area contributed by atoms with Gasteiger partial charge in [0.05, 0.1) is 31.7 Å². The van der Waals surface area contributed by atoms with Gasteiger partial charge in [0.2, 0.25) is 0 Å². The summed E-state index contributed by atoms with van der Waals surface area (Å²) in [7, 11) is 3.05. The molecule has 1 heterocycles. The summed E-state index contributed by atoms with van der Waals surface area (Å²) in [5, 5.41) is 0.428. The summed E-state index contributed by atoms with van der Waals surface area (Å²) in [4.78, 5) is 25.7. The monoisotopic (exact) mass is 354 g/mol. The first-order valence-electron chi connectivity index (χ1n) is 8.45. The van der Waals surface area contributed by atoms with E-state index < -0.39 is 0 Å². The van der Waals surface area contributed by atoms with E-state index in [1.54, 1.807) is 23.6 Å². The number of fused-ring (bicyclic) bond motifs is 1. The van der Waals surface area contributed by atoms with E-state index in [-0.39, 0.29) is 11.2 Å².